The summed E-state index contributed by atoms with van der Waals surface area (Å²) in [6, 6.07) is 30.8. The van der Waals surface area contributed by atoms with Gasteiger partial charge in [0, 0.05) is 12.1 Å². The third-order valence-corrected chi connectivity index (χ3v) is 7.11. The summed E-state index contributed by atoms with van der Waals surface area (Å²) in [5.41, 5.74) is 3.04. The molecule has 0 radical (unpaired) electrons. The minimum atomic E-state index is -0.831. The van der Waals surface area contributed by atoms with Crippen molar-refractivity contribution in [2.75, 3.05) is 20.8 Å². The fraction of sp³-hybridized carbons (Fsp3) is 0.176. The number of amides is 1. The normalized spacial score (nSPS) is 16.0. The predicted molar refractivity (Wildman–Crippen MR) is 156 cm³/mol. The van der Waals surface area contributed by atoms with Crippen LogP contribution in [0.2, 0.25) is 0 Å². The van der Waals surface area contributed by atoms with Gasteiger partial charge < -0.3 is 24.2 Å². The van der Waals surface area contributed by atoms with Gasteiger partial charge in [-0.2, -0.15) is 0 Å². The van der Waals surface area contributed by atoms with Crippen molar-refractivity contribution in [3.05, 3.63) is 131 Å². The zero-order valence-corrected chi connectivity index (χ0v) is 22.9. The average molecular weight is 550 g/mol. The van der Waals surface area contributed by atoms with Crippen LogP contribution >= 0.6 is 0 Å². The van der Waals surface area contributed by atoms with Crippen LogP contribution in [0, 0.1) is 0 Å². The standard InChI is InChI=1S/C34H31NO6/c1-39-27-15-9-14-26(20-27)32(36)30-31(35(34(38)33(30)37)19-18-23-10-5-3-6-11-23)25-16-17-28(29(21-25)40-2)41-22-24-12-7-4-8-13-24/h3-17,20-21,31,36H,18-19,22H2,1-2H3. The maximum Gasteiger partial charge on any atom is 0.295 e. The van der Waals surface area contributed by atoms with Gasteiger partial charge in [0.05, 0.1) is 25.8 Å². The van der Waals surface area contributed by atoms with E-state index in [9.17, 15) is 14.7 Å². The first kappa shape index (κ1) is 27.5. The number of nitrogens with zero attached hydrogens (tertiary/aromatic N) is 1. The second-order valence-electron chi connectivity index (χ2n) is 9.64. The lowest BCUT2D eigenvalue weighted by molar-refractivity contribution is -0.139. The molecule has 1 amide bonds. The maximum absolute atomic E-state index is 13.5. The first-order chi connectivity index (χ1) is 20.0. The number of benzene rings is 4. The largest absolute Gasteiger partial charge is 0.507 e. The maximum atomic E-state index is 13.5. The molecular weight excluding hydrogens is 518 g/mol. The smallest absolute Gasteiger partial charge is 0.295 e. The highest BCUT2D eigenvalue weighted by molar-refractivity contribution is 6.46. The summed E-state index contributed by atoms with van der Waals surface area (Å²) < 4.78 is 17.0. The zero-order chi connectivity index (χ0) is 28.8. The van der Waals surface area contributed by atoms with E-state index in [1.54, 1.807) is 42.5 Å². The Bertz CT molecular complexity index is 1560. The van der Waals surface area contributed by atoms with E-state index >= 15 is 0 Å². The Hall–Kier alpha value is -5.04. The number of hydrogen-bond donors (Lipinski definition) is 1. The molecule has 1 saturated heterocycles. The van der Waals surface area contributed by atoms with E-state index < -0.39 is 17.7 Å². The van der Waals surface area contributed by atoms with Crippen molar-refractivity contribution in [1.29, 1.82) is 0 Å². The number of ether oxygens (including phenoxy) is 3. The van der Waals surface area contributed by atoms with Gasteiger partial charge in [-0.3, -0.25) is 9.59 Å². The summed E-state index contributed by atoms with van der Waals surface area (Å²) in [7, 11) is 3.06. The number of likely N-dealkylation sites (tertiary alicyclic amines) is 1. The van der Waals surface area contributed by atoms with Crippen LogP contribution in [0.4, 0.5) is 0 Å². The highest BCUT2D eigenvalue weighted by atomic mass is 16.5. The molecule has 1 heterocycles. The minimum Gasteiger partial charge on any atom is -0.507 e. The Morgan fingerprint density at radius 3 is 2.17 bits per heavy atom. The van der Waals surface area contributed by atoms with Crippen molar-refractivity contribution in [3.63, 3.8) is 0 Å². The highest BCUT2D eigenvalue weighted by Crippen LogP contribution is 2.42. The van der Waals surface area contributed by atoms with Crippen molar-refractivity contribution in [3.8, 4) is 17.2 Å². The number of hydrogen-bond acceptors (Lipinski definition) is 6. The van der Waals surface area contributed by atoms with Crippen molar-refractivity contribution in [1.82, 2.24) is 4.90 Å². The van der Waals surface area contributed by atoms with Gasteiger partial charge in [0.1, 0.15) is 18.1 Å². The Morgan fingerprint density at radius 2 is 1.49 bits per heavy atom. The number of carbonyl (C=O) groups excluding carboxylic acids is 2. The molecule has 0 aromatic heterocycles. The number of rotatable bonds is 10. The van der Waals surface area contributed by atoms with Gasteiger partial charge in [0.2, 0.25) is 0 Å². The van der Waals surface area contributed by atoms with E-state index in [0.717, 1.165) is 11.1 Å². The zero-order valence-electron chi connectivity index (χ0n) is 22.9. The molecule has 41 heavy (non-hydrogen) atoms. The van der Waals surface area contributed by atoms with Gasteiger partial charge >= 0.3 is 0 Å². The van der Waals surface area contributed by atoms with E-state index in [1.165, 1.54) is 19.1 Å². The summed E-state index contributed by atoms with van der Waals surface area (Å²) in [6.07, 6.45) is 0.541. The Kier molecular flexibility index (Phi) is 8.34. The lowest BCUT2D eigenvalue weighted by Gasteiger charge is -2.26. The number of aliphatic hydroxyl groups excluding tert-OH is 1. The molecule has 1 aliphatic heterocycles. The van der Waals surface area contributed by atoms with Crippen molar-refractivity contribution in [2.24, 2.45) is 0 Å². The molecule has 4 aromatic carbocycles. The molecule has 1 N–H and O–H groups in total. The Morgan fingerprint density at radius 1 is 0.780 bits per heavy atom. The molecule has 5 rings (SSSR count). The second-order valence-corrected chi connectivity index (χ2v) is 9.64. The molecule has 1 fully saturated rings. The van der Waals surface area contributed by atoms with Crippen LogP contribution in [-0.2, 0) is 22.6 Å². The quantitative estimate of drug-likeness (QED) is 0.150. The first-order valence-electron chi connectivity index (χ1n) is 13.3. The lowest BCUT2D eigenvalue weighted by atomic mass is 9.94. The van der Waals surface area contributed by atoms with Crippen molar-refractivity contribution < 1.29 is 28.9 Å². The van der Waals surface area contributed by atoms with E-state index in [4.69, 9.17) is 14.2 Å². The van der Waals surface area contributed by atoms with Crippen LogP contribution in [0.3, 0.4) is 0 Å². The molecule has 0 aliphatic carbocycles. The number of methoxy groups -OCH3 is 2. The molecule has 4 aromatic rings. The van der Waals surface area contributed by atoms with Gasteiger partial charge in [0.25, 0.3) is 11.7 Å². The Labute approximate surface area is 239 Å². The molecule has 7 heteroatoms. The lowest BCUT2D eigenvalue weighted by Crippen LogP contribution is -2.31. The van der Waals surface area contributed by atoms with Crippen LogP contribution in [0.15, 0.2) is 109 Å². The molecule has 0 bridgehead atoms. The second kappa shape index (κ2) is 12.4. The van der Waals surface area contributed by atoms with E-state index in [-0.39, 0.29) is 17.9 Å². The summed E-state index contributed by atoms with van der Waals surface area (Å²) in [6.45, 7) is 0.630. The molecule has 0 saturated carbocycles. The first-order valence-corrected chi connectivity index (χ1v) is 13.3. The van der Waals surface area contributed by atoms with Gasteiger partial charge in [-0.05, 0) is 47.4 Å². The van der Waals surface area contributed by atoms with E-state index in [2.05, 4.69) is 0 Å². The molecule has 1 unspecified atom stereocenters. The highest BCUT2D eigenvalue weighted by Gasteiger charge is 2.46. The fourth-order valence-corrected chi connectivity index (χ4v) is 4.99. The molecule has 1 atom stereocenters. The third kappa shape index (κ3) is 5.94. The predicted octanol–water partition coefficient (Wildman–Crippen LogP) is 5.95. The molecule has 208 valence electrons. The van der Waals surface area contributed by atoms with Gasteiger partial charge in [-0.1, -0.05) is 78.9 Å². The summed E-state index contributed by atoms with van der Waals surface area (Å²) in [4.78, 5) is 28.4. The van der Waals surface area contributed by atoms with Crippen LogP contribution in [0.25, 0.3) is 5.76 Å². The van der Waals surface area contributed by atoms with Crippen LogP contribution in [0.1, 0.15) is 28.3 Å². The fourth-order valence-electron chi connectivity index (χ4n) is 4.99. The Balaban J connectivity index is 1.55. The number of Topliss-reactive ketones (excluding diaryl/α,β-unsaturated/α-hetero) is 1. The van der Waals surface area contributed by atoms with Gasteiger partial charge in [-0.15, -0.1) is 0 Å². The third-order valence-electron chi connectivity index (χ3n) is 7.11. The van der Waals surface area contributed by atoms with E-state index in [1.807, 2.05) is 60.7 Å². The van der Waals surface area contributed by atoms with Crippen molar-refractivity contribution in [2.45, 2.75) is 19.1 Å². The number of ketones is 1. The number of carbonyl (C=O) groups is 2. The molecular formula is C34H31NO6. The van der Waals surface area contributed by atoms with E-state index in [0.29, 0.717) is 41.4 Å². The van der Waals surface area contributed by atoms with Crippen LogP contribution in [-0.4, -0.2) is 42.5 Å². The van der Waals surface area contributed by atoms with Gasteiger partial charge in [-0.25, -0.2) is 0 Å². The minimum absolute atomic E-state index is 0.0105. The van der Waals surface area contributed by atoms with Crippen LogP contribution in [0.5, 0.6) is 17.2 Å². The topological polar surface area (TPSA) is 85.3 Å². The molecule has 7 nitrogen and oxygen atoms in total. The summed E-state index contributed by atoms with van der Waals surface area (Å²) in [5, 5.41) is 11.4. The SMILES string of the molecule is COc1cccc(C(O)=C2C(=O)C(=O)N(CCc3ccccc3)C2c2ccc(OCc3ccccc3)c(OC)c2)c1. The van der Waals surface area contributed by atoms with Crippen molar-refractivity contribution >= 4 is 17.4 Å². The summed E-state index contributed by atoms with van der Waals surface area (Å²) in [5.74, 6) is -0.184. The van der Waals surface area contributed by atoms with Crippen LogP contribution < -0.4 is 14.2 Å². The molecule has 0 spiro atoms. The number of aliphatic hydroxyl groups is 1. The monoisotopic (exact) mass is 549 g/mol. The summed E-state index contributed by atoms with van der Waals surface area (Å²) >= 11 is 0. The average Bonchev–Trinajstić information content (AvgIpc) is 3.28. The van der Waals surface area contributed by atoms with Gasteiger partial charge in [0.15, 0.2) is 11.5 Å². The molecule has 1 aliphatic rings.